The smallest absolute Gasteiger partial charge is 0.135 e. The Bertz CT molecular complexity index is 3130. The third-order valence-electron chi connectivity index (χ3n) is 8.10. The molecule has 1 nitrogen and oxygen atoms in total. The molecule has 210 valence electrons. The third kappa shape index (κ3) is 4.24. The first-order valence-corrected chi connectivity index (χ1v) is 14.4. The molecule has 0 amide bonds. The molecule has 0 atom stereocenters. The highest BCUT2D eigenvalue weighted by Gasteiger charge is 2.17. The topological polar surface area (TPSA) is 13.1 Å². The number of fused-ring (bicyclic) bond motifs is 5. The van der Waals surface area contributed by atoms with Crippen molar-refractivity contribution in [1.29, 1.82) is 0 Å². The molecule has 8 aromatic carbocycles. The molecule has 0 aliphatic rings. The SMILES string of the molecule is [2H]c1c([2H])c([2H])c(-c2c([2H])c([2H])c(-c3c4ccccc4c(-c4c([2H])c([2H])c(-c5ccc6oc7ccccc7c6c5)c([2H])c4[2H])c4ccccc34)c([2H])c2[2H])c([2H])c1[2H]. The van der Waals surface area contributed by atoms with Crippen LogP contribution in [0.15, 0.2) is 174 Å². The zero-order chi connectivity index (χ0) is 41.1. The second kappa shape index (κ2) is 10.4. The van der Waals surface area contributed by atoms with Crippen LogP contribution < -0.4 is 0 Å². The summed E-state index contributed by atoms with van der Waals surface area (Å²) < 4.78 is 121. The lowest BCUT2D eigenvalue weighted by Crippen LogP contribution is -1.91. The second-order valence-corrected chi connectivity index (χ2v) is 10.7. The fourth-order valence-electron chi connectivity index (χ4n) is 6.07. The van der Waals surface area contributed by atoms with Crippen molar-refractivity contribution in [2.45, 2.75) is 0 Å². The van der Waals surface area contributed by atoms with Crippen LogP contribution in [0.3, 0.4) is 0 Å². The average molecular weight is 586 g/mol. The largest absolute Gasteiger partial charge is 0.456 e. The van der Waals surface area contributed by atoms with E-state index in [4.69, 9.17) is 14.0 Å². The molecule has 0 saturated carbocycles. The van der Waals surface area contributed by atoms with Crippen molar-refractivity contribution in [2.24, 2.45) is 0 Å². The molecule has 9 aromatic rings. The van der Waals surface area contributed by atoms with E-state index < -0.39 is 65.5 Å². The molecule has 1 aromatic heterocycles. The Morgan fingerprint density at radius 3 is 1.31 bits per heavy atom. The minimum atomic E-state index is -0.667. The van der Waals surface area contributed by atoms with Crippen LogP contribution in [0.2, 0.25) is 0 Å². The van der Waals surface area contributed by atoms with Crippen LogP contribution in [0.1, 0.15) is 17.8 Å². The highest BCUT2D eigenvalue weighted by atomic mass is 16.3. The number of benzene rings is 8. The zero-order valence-electron chi connectivity index (χ0n) is 36.6. The van der Waals surface area contributed by atoms with Crippen LogP contribution in [0.25, 0.3) is 88.0 Å². The number of furan rings is 1. The maximum absolute atomic E-state index is 9.41. The number of rotatable bonds is 4. The van der Waals surface area contributed by atoms with Crippen LogP contribution in [0.5, 0.6) is 0 Å². The monoisotopic (exact) mass is 585 g/mol. The van der Waals surface area contributed by atoms with Gasteiger partial charge < -0.3 is 4.42 Å². The van der Waals surface area contributed by atoms with Gasteiger partial charge in [-0.05, 0) is 84.3 Å². The Balaban J connectivity index is 1.32. The van der Waals surface area contributed by atoms with E-state index in [1.165, 1.54) is 0 Å². The summed E-state index contributed by atoms with van der Waals surface area (Å²) >= 11 is 0. The van der Waals surface area contributed by atoms with Crippen molar-refractivity contribution in [3.8, 4) is 44.5 Å². The zero-order valence-corrected chi connectivity index (χ0v) is 23.6. The van der Waals surface area contributed by atoms with Gasteiger partial charge in [-0.1, -0.05) is 151 Å². The van der Waals surface area contributed by atoms with Crippen molar-refractivity contribution in [1.82, 2.24) is 0 Å². The molecule has 0 bridgehead atoms. The van der Waals surface area contributed by atoms with Gasteiger partial charge in [-0.2, -0.15) is 0 Å². The van der Waals surface area contributed by atoms with Gasteiger partial charge in [-0.3, -0.25) is 0 Å². The number of hydrogen-bond acceptors (Lipinski definition) is 1. The molecule has 0 aliphatic carbocycles. The van der Waals surface area contributed by atoms with E-state index in [1.807, 2.05) is 30.3 Å². The van der Waals surface area contributed by atoms with E-state index in [0.717, 1.165) is 10.8 Å². The molecule has 0 fully saturated rings. The van der Waals surface area contributed by atoms with Crippen LogP contribution in [0.4, 0.5) is 0 Å². The highest BCUT2D eigenvalue weighted by Crippen LogP contribution is 2.44. The summed E-state index contributed by atoms with van der Waals surface area (Å²) in [5, 5.41) is 3.48. The maximum Gasteiger partial charge on any atom is 0.135 e. The lowest BCUT2D eigenvalue weighted by atomic mass is 9.85. The summed E-state index contributed by atoms with van der Waals surface area (Å²) in [5.74, 6) is 0. The molecule has 0 saturated heterocycles. The normalized spacial score (nSPS) is 15.6. The predicted octanol–water partition coefficient (Wildman–Crippen LogP) is 12.6. The van der Waals surface area contributed by atoms with Crippen LogP contribution in [-0.2, 0) is 0 Å². The highest BCUT2D eigenvalue weighted by molar-refractivity contribution is 6.21. The van der Waals surface area contributed by atoms with Crippen molar-refractivity contribution in [3.63, 3.8) is 0 Å². The van der Waals surface area contributed by atoms with Gasteiger partial charge in [0.2, 0.25) is 0 Å². The first-order valence-electron chi connectivity index (χ1n) is 20.9. The minimum absolute atomic E-state index is 0.0450. The molecule has 1 heterocycles. The van der Waals surface area contributed by atoms with Crippen molar-refractivity contribution >= 4 is 43.5 Å². The van der Waals surface area contributed by atoms with E-state index in [-0.39, 0.29) is 40.9 Å². The molecular formula is C44H28O. The number of para-hydroxylation sites is 1. The van der Waals surface area contributed by atoms with Crippen molar-refractivity contribution in [3.05, 3.63) is 170 Å². The average Bonchev–Trinajstić information content (AvgIpc) is 3.60. The van der Waals surface area contributed by atoms with Crippen molar-refractivity contribution < 1.29 is 22.2 Å². The molecule has 0 spiro atoms. The summed E-state index contributed by atoms with van der Waals surface area (Å²) in [6.07, 6.45) is 0. The van der Waals surface area contributed by atoms with Crippen molar-refractivity contribution in [2.75, 3.05) is 0 Å². The molecule has 1 heteroatoms. The van der Waals surface area contributed by atoms with E-state index >= 15 is 0 Å². The number of hydrogen-bond donors (Lipinski definition) is 0. The van der Waals surface area contributed by atoms with Crippen LogP contribution in [-0.4, -0.2) is 0 Å². The Morgan fingerprint density at radius 2 is 0.756 bits per heavy atom. The molecule has 0 radical (unpaired) electrons. The lowest BCUT2D eigenvalue weighted by Gasteiger charge is -2.18. The Hall–Kier alpha value is -5.92. The third-order valence-corrected chi connectivity index (χ3v) is 8.10. The van der Waals surface area contributed by atoms with E-state index in [1.54, 1.807) is 60.7 Å². The van der Waals surface area contributed by atoms with Gasteiger partial charge in [-0.15, -0.1) is 0 Å². The fraction of sp³-hybridized carbons (Fsp3) is 0. The van der Waals surface area contributed by atoms with E-state index in [9.17, 15) is 8.22 Å². The molecule has 0 N–H and O–H groups in total. The summed E-state index contributed by atoms with van der Waals surface area (Å²) in [6.45, 7) is 0. The predicted molar refractivity (Wildman–Crippen MR) is 190 cm³/mol. The van der Waals surface area contributed by atoms with Gasteiger partial charge in [0.15, 0.2) is 0 Å². The Morgan fingerprint density at radius 1 is 0.333 bits per heavy atom. The van der Waals surface area contributed by atoms with Crippen LogP contribution in [0, 0.1) is 0 Å². The maximum atomic E-state index is 9.41. The van der Waals surface area contributed by atoms with Gasteiger partial charge >= 0.3 is 0 Å². The molecule has 0 aliphatic heterocycles. The lowest BCUT2D eigenvalue weighted by molar-refractivity contribution is 0.669. The summed E-state index contributed by atoms with van der Waals surface area (Å²) in [5.41, 5.74) is 1.71. The molecule has 0 unspecified atom stereocenters. The van der Waals surface area contributed by atoms with Gasteiger partial charge in [0.25, 0.3) is 0 Å². The summed E-state index contributed by atoms with van der Waals surface area (Å²) in [6, 6.07) is 20.2. The Labute approximate surface area is 279 Å². The summed E-state index contributed by atoms with van der Waals surface area (Å²) in [4.78, 5) is 0. The summed E-state index contributed by atoms with van der Waals surface area (Å²) in [7, 11) is 0. The Kier molecular flexibility index (Phi) is 3.62. The first kappa shape index (κ1) is 15.7. The van der Waals surface area contributed by atoms with Gasteiger partial charge in [0.05, 0.1) is 17.8 Å². The quantitative estimate of drug-likeness (QED) is 0.187. The molecule has 45 heavy (non-hydrogen) atoms. The van der Waals surface area contributed by atoms with Gasteiger partial charge in [-0.25, -0.2) is 0 Å². The standard InChI is InChI=1S/C44H28O/c1-2-10-29(11-3-1)30-18-22-32(23-19-30)43-36-13-4-6-15-38(36)44(39-16-7-5-14-37(39)43)33-24-20-31(21-25-33)34-26-27-42-40(28-34)35-12-8-9-17-41(35)45-42/h1-28H/i1D,2D,3D,10D,11D,18D,19D,20D,21D,22D,23D,24D,25D. The molecule has 9 rings (SSSR count). The second-order valence-electron chi connectivity index (χ2n) is 10.7. The minimum Gasteiger partial charge on any atom is -0.456 e. The molecular weight excluding hydrogens is 544 g/mol. The fourth-order valence-corrected chi connectivity index (χ4v) is 6.07. The van der Waals surface area contributed by atoms with Crippen LogP contribution >= 0.6 is 0 Å². The van der Waals surface area contributed by atoms with Gasteiger partial charge in [0.1, 0.15) is 11.2 Å². The van der Waals surface area contributed by atoms with E-state index in [0.29, 0.717) is 49.4 Å². The van der Waals surface area contributed by atoms with Gasteiger partial charge in [0, 0.05) is 10.8 Å². The first-order chi connectivity index (χ1) is 27.7. The van der Waals surface area contributed by atoms with E-state index in [2.05, 4.69) is 0 Å².